The summed E-state index contributed by atoms with van der Waals surface area (Å²) in [5, 5.41) is 3.65. The first-order valence-corrected chi connectivity index (χ1v) is 6.51. The SMILES string of the molecule is CCCNC(CC1CCC1)c1cncn1C. The minimum absolute atomic E-state index is 0.498. The van der Waals surface area contributed by atoms with Gasteiger partial charge in [-0.25, -0.2) is 4.98 Å². The molecule has 0 radical (unpaired) electrons. The Morgan fingerprint density at radius 1 is 1.56 bits per heavy atom. The number of rotatable bonds is 6. The van der Waals surface area contributed by atoms with Gasteiger partial charge in [0.15, 0.2) is 0 Å². The van der Waals surface area contributed by atoms with Gasteiger partial charge < -0.3 is 9.88 Å². The Balaban J connectivity index is 1.98. The molecule has 1 unspecified atom stereocenters. The molecule has 1 N–H and O–H groups in total. The van der Waals surface area contributed by atoms with Crippen LogP contribution in [0.2, 0.25) is 0 Å². The van der Waals surface area contributed by atoms with Crippen LogP contribution in [0.5, 0.6) is 0 Å². The van der Waals surface area contributed by atoms with Crippen LogP contribution in [0.25, 0.3) is 0 Å². The third kappa shape index (κ3) is 2.64. The largest absolute Gasteiger partial charge is 0.336 e. The first-order chi connectivity index (χ1) is 7.81. The summed E-state index contributed by atoms with van der Waals surface area (Å²) in [5.74, 6) is 0.934. The van der Waals surface area contributed by atoms with E-state index < -0.39 is 0 Å². The van der Waals surface area contributed by atoms with Crippen molar-refractivity contribution in [3.63, 3.8) is 0 Å². The maximum atomic E-state index is 4.22. The van der Waals surface area contributed by atoms with E-state index in [2.05, 4.69) is 28.8 Å². The number of hydrogen-bond donors (Lipinski definition) is 1. The van der Waals surface area contributed by atoms with Gasteiger partial charge in [-0.1, -0.05) is 26.2 Å². The summed E-state index contributed by atoms with van der Waals surface area (Å²) in [6.45, 7) is 3.32. The van der Waals surface area contributed by atoms with Crippen molar-refractivity contribution in [3.8, 4) is 0 Å². The van der Waals surface area contributed by atoms with Crippen LogP contribution < -0.4 is 5.32 Å². The zero-order valence-corrected chi connectivity index (χ0v) is 10.4. The number of aromatic nitrogens is 2. The topological polar surface area (TPSA) is 29.9 Å². The lowest BCUT2D eigenvalue weighted by molar-refractivity contribution is 0.257. The number of imidazole rings is 1. The van der Waals surface area contributed by atoms with E-state index in [0.29, 0.717) is 6.04 Å². The number of nitrogens with one attached hydrogen (secondary N) is 1. The van der Waals surface area contributed by atoms with Crippen molar-refractivity contribution in [2.45, 2.75) is 45.1 Å². The summed E-state index contributed by atoms with van der Waals surface area (Å²) >= 11 is 0. The van der Waals surface area contributed by atoms with E-state index >= 15 is 0 Å². The zero-order chi connectivity index (χ0) is 11.4. The van der Waals surface area contributed by atoms with Gasteiger partial charge in [0.1, 0.15) is 0 Å². The Labute approximate surface area is 98.3 Å². The van der Waals surface area contributed by atoms with Crippen LogP contribution in [0.3, 0.4) is 0 Å². The van der Waals surface area contributed by atoms with Gasteiger partial charge in [-0.15, -0.1) is 0 Å². The minimum atomic E-state index is 0.498. The highest BCUT2D eigenvalue weighted by Gasteiger charge is 2.24. The third-order valence-electron chi connectivity index (χ3n) is 3.65. The maximum absolute atomic E-state index is 4.22. The molecule has 0 amide bonds. The van der Waals surface area contributed by atoms with Gasteiger partial charge in [0.05, 0.1) is 12.0 Å². The van der Waals surface area contributed by atoms with Crippen molar-refractivity contribution in [3.05, 3.63) is 18.2 Å². The van der Waals surface area contributed by atoms with Crippen molar-refractivity contribution in [1.29, 1.82) is 0 Å². The summed E-state index contributed by atoms with van der Waals surface area (Å²) in [7, 11) is 2.09. The lowest BCUT2D eigenvalue weighted by Crippen LogP contribution is -2.28. The highest BCUT2D eigenvalue weighted by atomic mass is 15.1. The van der Waals surface area contributed by atoms with Gasteiger partial charge in [-0.2, -0.15) is 0 Å². The van der Waals surface area contributed by atoms with E-state index in [1.165, 1.54) is 37.8 Å². The van der Waals surface area contributed by atoms with Gasteiger partial charge in [0.25, 0.3) is 0 Å². The van der Waals surface area contributed by atoms with Gasteiger partial charge in [0, 0.05) is 19.3 Å². The molecule has 1 aromatic rings. The monoisotopic (exact) mass is 221 g/mol. The molecule has 1 fully saturated rings. The average molecular weight is 221 g/mol. The van der Waals surface area contributed by atoms with Crippen molar-refractivity contribution >= 4 is 0 Å². The second-order valence-electron chi connectivity index (χ2n) is 4.97. The fourth-order valence-electron chi connectivity index (χ4n) is 2.39. The molecule has 0 aromatic carbocycles. The molecule has 1 atom stereocenters. The zero-order valence-electron chi connectivity index (χ0n) is 10.4. The summed E-state index contributed by atoms with van der Waals surface area (Å²) in [6, 6.07) is 0.498. The Kier molecular flexibility index (Phi) is 3.99. The molecule has 16 heavy (non-hydrogen) atoms. The van der Waals surface area contributed by atoms with E-state index in [-0.39, 0.29) is 0 Å². The van der Waals surface area contributed by atoms with E-state index in [0.717, 1.165) is 12.5 Å². The first-order valence-electron chi connectivity index (χ1n) is 6.51. The Hall–Kier alpha value is -0.830. The van der Waals surface area contributed by atoms with Crippen molar-refractivity contribution in [1.82, 2.24) is 14.9 Å². The summed E-state index contributed by atoms with van der Waals surface area (Å²) in [4.78, 5) is 4.22. The van der Waals surface area contributed by atoms with Crippen LogP contribution in [0, 0.1) is 5.92 Å². The molecule has 3 nitrogen and oxygen atoms in total. The van der Waals surface area contributed by atoms with Gasteiger partial charge >= 0.3 is 0 Å². The Morgan fingerprint density at radius 2 is 2.38 bits per heavy atom. The van der Waals surface area contributed by atoms with E-state index in [1.807, 2.05) is 12.5 Å². The van der Waals surface area contributed by atoms with Gasteiger partial charge in [-0.05, 0) is 25.3 Å². The van der Waals surface area contributed by atoms with Gasteiger partial charge in [0.2, 0.25) is 0 Å². The number of hydrogen-bond acceptors (Lipinski definition) is 2. The number of aryl methyl sites for hydroxylation is 1. The number of nitrogens with zero attached hydrogens (tertiary/aromatic N) is 2. The van der Waals surface area contributed by atoms with Crippen LogP contribution in [-0.2, 0) is 7.05 Å². The van der Waals surface area contributed by atoms with Crippen LogP contribution >= 0.6 is 0 Å². The molecule has 2 rings (SSSR count). The molecule has 0 bridgehead atoms. The van der Waals surface area contributed by atoms with E-state index in [1.54, 1.807) is 0 Å². The Morgan fingerprint density at radius 3 is 2.88 bits per heavy atom. The Bertz CT molecular complexity index is 315. The normalized spacial score (nSPS) is 18.4. The summed E-state index contributed by atoms with van der Waals surface area (Å²) in [6.07, 6.45) is 10.6. The molecule has 1 aliphatic carbocycles. The third-order valence-corrected chi connectivity index (χ3v) is 3.65. The summed E-state index contributed by atoms with van der Waals surface area (Å²) < 4.78 is 2.14. The highest BCUT2D eigenvalue weighted by molar-refractivity contribution is 5.05. The predicted molar refractivity (Wildman–Crippen MR) is 66.2 cm³/mol. The first kappa shape index (κ1) is 11.6. The highest BCUT2D eigenvalue weighted by Crippen LogP contribution is 2.34. The fraction of sp³-hybridized carbons (Fsp3) is 0.769. The molecule has 1 heterocycles. The molecule has 0 aliphatic heterocycles. The second kappa shape index (κ2) is 5.48. The average Bonchev–Trinajstić information content (AvgIpc) is 2.62. The minimum Gasteiger partial charge on any atom is -0.336 e. The molecule has 0 spiro atoms. The van der Waals surface area contributed by atoms with Crippen molar-refractivity contribution in [2.24, 2.45) is 13.0 Å². The van der Waals surface area contributed by atoms with Crippen molar-refractivity contribution < 1.29 is 0 Å². The van der Waals surface area contributed by atoms with Crippen molar-refractivity contribution in [2.75, 3.05) is 6.54 Å². The lowest BCUT2D eigenvalue weighted by Gasteiger charge is -2.30. The predicted octanol–water partition coefficient (Wildman–Crippen LogP) is 2.65. The van der Waals surface area contributed by atoms with E-state index in [9.17, 15) is 0 Å². The van der Waals surface area contributed by atoms with E-state index in [4.69, 9.17) is 0 Å². The molecular weight excluding hydrogens is 198 g/mol. The molecule has 3 heteroatoms. The molecular formula is C13H23N3. The molecule has 1 aliphatic rings. The fourth-order valence-corrected chi connectivity index (χ4v) is 2.39. The maximum Gasteiger partial charge on any atom is 0.0946 e. The smallest absolute Gasteiger partial charge is 0.0946 e. The van der Waals surface area contributed by atoms with Gasteiger partial charge in [-0.3, -0.25) is 0 Å². The molecule has 90 valence electrons. The van der Waals surface area contributed by atoms with Crippen LogP contribution in [0.4, 0.5) is 0 Å². The molecule has 0 saturated heterocycles. The lowest BCUT2D eigenvalue weighted by atomic mass is 9.80. The standard InChI is InChI=1S/C13H23N3/c1-3-7-15-12(8-11-5-4-6-11)13-9-14-10-16(13)2/h9-12,15H,3-8H2,1-2H3. The quantitative estimate of drug-likeness (QED) is 0.800. The summed E-state index contributed by atoms with van der Waals surface area (Å²) in [5.41, 5.74) is 1.33. The van der Waals surface area contributed by atoms with Crippen LogP contribution in [0.15, 0.2) is 12.5 Å². The van der Waals surface area contributed by atoms with Crippen LogP contribution in [-0.4, -0.2) is 16.1 Å². The second-order valence-corrected chi connectivity index (χ2v) is 4.97. The molecule has 1 aromatic heterocycles. The van der Waals surface area contributed by atoms with Crippen LogP contribution in [0.1, 0.15) is 50.8 Å². The molecule has 1 saturated carbocycles.